The summed E-state index contributed by atoms with van der Waals surface area (Å²) in [5.74, 6) is 0.381. The van der Waals surface area contributed by atoms with Gasteiger partial charge in [-0.25, -0.2) is 9.37 Å². The topological polar surface area (TPSA) is 36.4 Å². The van der Waals surface area contributed by atoms with Gasteiger partial charge in [0.25, 0.3) is 5.91 Å². The molecule has 2 saturated heterocycles. The third-order valence-electron chi connectivity index (χ3n) is 5.64. The Morgan fingerprint density at radius 2 is 1.92 bits per heavy atom. The zero-order valence-corrected chi connectivity index (χ0v) is 15.7. The lowest BCUT2D eigenvalue weighted by atomic mass is 9.88. The van der Waals surface area contributed by atoms with Crippen LogP contribution in [0.25, 0.3) is 0 Å². The van der Waals surface area contributed by atoms with E-state index in [9.17, 15) is 9.18 Å². The highest BCUT2D eigenvalue weighted by molar-refractivity contribution is 5.92. The van der Waals surface area contributed by atoms with Crippen LogP contribution in [0.3, 0.4) is 0 Å². The van der Waals surface area contributed by atoms with Crippen molar-refractivity contribution in [1.29, 1.82) is 0 Å². The average molecular weight is 376 g/mol. The van der Waals surface area contributed by atoms with Crippen LogP contribution in [0.1, 0.15) is 27.7 Å². The van der Waals surface area contributed by atoms with Crippen molar-refractivity contribution in [1.82, 2.24) is 14.8 Å². The summed E-state index contributed by atoms with van der Waals surface area (Å²) >= 11 is 0. The normalized spacial score (nSPS) is 25.0. The molecule has 1 aromatic carbocycles. The fourth-order valence-corrected chi connectivity index (χ4v) is 4.47. The molecule has 3 heterocycles. The van der Waals surface area contributed by atoms with Crippen LogP contribution in [0.5, 0.6) is 0 Å². The van der Waals surface area contributed by atoms with Crippen molar-refractivity contribution in [3.63, 3.8) is 0 Å². The second-order valence-electron chi connectivity index (χ2n) is 7.24. The first-order valence-corrected chi connectivity index (χ1v) is 8.71. The lowest BCUT2D eigenvalue weighted by Gasteiger charge is -2.28. The van der Waals surface area contributed by atoms with Crippen molar-refractivity contribution in [2.45, 2.75) is 13.0 Å². The number of carbonyl (C=O) groups excluding carboxylic acids is 1. The van der Waals surface area contributed by atoms with Crippen LogP contribution in [0.4, 0.5) is 4.39 Å². The third kappa shape index (κ3) is 3.21. The monoisotopic (exact) mass is 375 g/mol. The van der Waals surface area contributed by atoms with Crippen LogP contribution in [-0.2, 0) is 0 Å². The molecule has 1 aromatic heterocycles. The zero-order valence-electron chi connectivity index (χ0n) is 14.9. The Hall–Kier alpha value is -1.98. The van der Waals surface area contributed by atoms with Gasteiger partial charge in [0.1, 0.15) is 11.5 Å². The predicted octanol–water partition coefficient (Wildman–Crippen LogP) is 3.33. The fraction of sp³-hybridized carbons (Fsp3) is 0.400. The lowest BCUT2D eigenvalue weighted by Crippen LogP contribution is -2.34. The molecule has 0 saturated carbocycles. The smallest absolute Gasteiger partial charge is 0.272 e. The average Bonchev–Trinajstić information content (AvgIpc) is 3.12. The molecule has 26 heavy (non-hydrogen) atoms. The number of rotatable bonds is 2. The van der Waals surface area contributed by atoms with Gasteiger partial charge in [0.2, 0.25) is 0 Å². The van der Waals surface area contributed by atoms with Crippen molar-refractivity contribution in [2.24, 2.45) is 11.8 Å². The standard InChI is InChI=1S/C20H22FN3O.ClH/c1-13-5-3-4-6-16(13)19-17-12-24(11-14(17)10-23(19)2)20(25)18-8-7-15(21)9-22-18;/h3-9,14,17,19H,10-12H2,1-2H3;1H/t14-,17+,19+;/m0./s1. The van der Waals surface area contributed by atoms with Gasteiger partial charge in [0, 0.05) is 31.6 Å². The van der Waals surface area contributed by atoms with Gasteiger partial charge < -0.3 is 4.90 Å². The summed E-state index contributed by atoms with van der Waals surface area (Å²) in [5.41, 5.74) is 2.97. The Morgan fingerprint density at radius 1 is 1.15 bits per heavy atom. The highest BCUT2D eigenvalue weighted by Gasteiger charge is 2.47. The summed E-state index contributed by atoms with van der Waals surface area (Å²) in [5, 5.41) is 0. The van der Waals surface area contributed by atoms with Crippen molar-refractivity contribution in [3.8, 4) is 0 Å². The van der Waals surface area contributed by atoms with E-state index < -0.39 is 5.82 Å². The maximum Gasteiger partial charge on any atom is 0.272 e. The number of carbonyl (C=O) groups is 1. The highest BCUT2D eigenvalue weighted by Crippen LogP contribution is 2.45. The summed E-state index contributed by atoms with van der Waals surface area (Å²) in [7, 11) is 2.17. The molecule has 0 unspecified atom stereocenters. The number of nitrogens with zero attached hydrogens (tertiary/aromatic N) is 3. The van der Waals surface area contributed by atoms with E-state index in [1.807, 2.05) is 4.90 Å². The summed E-state index contributed by atoms with van der Waals surface area (Å²) in [6.07, 6.45) is 1.11. The minimum Gasteiger partial charge on any atom is -0.337 e. The van der Waals surface area contributed by atoms with E-state index in [1.54, 1.807) is 0 Å². The van der Waals surface area contributed by atoms with Gasteiger partial charge in [-0.3, -0.25) is 9.69 Å². The molecule has 4 rings (SSSR count). The summed E-state index contributed by atoms with van der Waals surface area (Å²) in [4.78, 5) is 20.9. The largest absolute Gasteiger partial charge is 0.337 e. The Bertz CT molecular complexity index is 798. The number of benzene rings is 1. The van der Waals surface area contributed by atoms with Crippen molar-refractivity contribution < 1.29 is 9.18 Å². The number of likely N-dealkylation sites (tertiary alicyclic amines) is 2. The predicted molar refractivity (Wildman–Crippen MR) is 101 cm³/mol. The van der Waals surface area contributed by atoms with E-state index in [0.29, 0.717) is 23.6 Å². The number of aromatic nitrogens is 1. The molecule has 6 heteroatoms. The number of fused-ring (bicyclic) bond motifs is 1. The molecule has 2 fully saturated rings. The lowest BCUT2D eigenvalue weighted by molar-refractivity contribution is 0.0762. The highest BCUT2D eigenvalue weighted by atomic mass is 35.5. The van der Waals surface area contributed by atoms with E-state index in [2.05, 4.69) is 48.1 Å². The molecule has 0 spiro atoms. The summed E-state index contributed by atoms with van der Waals surface area (Å²) < 4.78 is 13.0. The molecule has 4 nitrogen and oxygen atoms in total. The Labute approximate surface area is 159 Å². The van der Waals surface area contributed by atoms with Gasteiger partial charge in [-0.2, -0.15) is 0 Å². The molecular formula is C20H23ClFN3O. The molecule has 0 radical (unpaired) electrons. The molecule has 0 bridgehead atoms. The van der Waals surface area contributed by atoms with Crippen LogP contribution in [0.15, 0.2) is 42.6 Å². The molecule has 2 aromatic rings. The SMILES string of the molecule is Cc1ccccc1[C@@H]1[C@@H]2CN(C(=O)c3ccc(F)cn3)C[C@@H]2CN1C.Cl. The maximum atomic E-state index is 13.0. The van der Waals surface area contributed by atoms with Gasteiger partial charge in [0.15, 0.2) is 0 Å². The van der Waals surface area contributed by atoms with Gasteiger partial charge >= 0.3 is 0 Å². The molecule has 2 aliphatic rings. The number of amides is 1. The first-order chi connectivity index (χ1) is 12.0. The summed E-state index contributed by atoms with van der Waals surface area (Å²) in [6.45, 7) is 4.61. The van der Waals surface area contributed by atoms with Crippen molar-refractivity contribution >= 4 is 18.3 Å². The number of hydrogen-bond donors (Lipinski definition) is 0. The Kier molecular flexibility index (Phi) is 5.30. The van der Waals surface area contributed by atoms with Gasteiger partial charge in [-0.15, -0.1) is 12.4 Å². The van der Waals surface area contributed by atoms with E-state index in [-0.39, 0.29) is 18.3 Å². The van der Waals surface area contributed by atoms with Crippen LogP contribution < -0.4 is 0 Å². The molecule has 0 N–H and O–H groups in total. The second kappa shape index (κ2) is 7.33. The molecule has 1 amide bonds. The number of hydrogen-bond acceptors (Lipinski definition) is 3. The number of aryl methyl sites for hydroxylation is 1. The van der Waals surface area contributed by atoms with Gasteiger partial charge in [-0.05, 0) is 43.1 Å². The van der Waals surface area contributed by atoms with Crippen molar-refractivity contribution in [3.05, 3.63) is 65.2 Å². The molecule has 138 valence electrons. The number of halogens is 2. The van der Waals surface area contributed by atoms with Crippen molar-refractivity contribution in [2.75, 3.05) is 26.7 Å². The third-order valence-corrected chi connectivity index (χ3v) is 5.64. The van der Waals surface area contributed by atoms with Gasteiger partial charge in [-0.1, -0.05) is 24.3 Å². The van der Waals surface area contributed by atoms with E-state index in [0.717, 1.165) is 25.8 Å². The van der Waals surface area contributed by atoms with Gasteiger partial charge in [0.05, 0.1) is 6.20 Å². The minimum absolute atomic E-state index is 0. The van der Waals surface area contributed by atoms with E-state index >= 15 is 0 Å². The van der Waals surface area contributed by atoms with Crippen LogP contribution in [0.2, 0.25) is 0 Å². The van der Waals surface area contributed by atoms with Crippen LogP contribution in [-0.4, -0.2) is 47.4 Å². The quantitative estimate of drug-likeness (QED) is 0.807. The summed E-state index contributed by atoms with van der Waals surface area (Å²) in [6, 6.07) is 11.6. The fourth-order valence-electron chi connectivity index (χ4n) is 4.47. The molecular weight excluding hydrogens is 353 g/mol. The first kappa shape index (κ1) is 18.8. The maximum absolute atomic E-state index is 13.0. The molecule has 2 aliphatic heterocycles. The van der Waals surface area contributed by atoms with Crippen LogP contribution in [0, 0.1) is 24.6 Å². The molecule has 0 aliphatic carbocycles. The molecule has 3 atom stereocenters. The minimum atomic E-state index is -0.420. The van der Waals surface area contributed by atoms with E-state index in [1.165, 1.54) is 23.3 Å². The zero-order chi connectivity index (χ0) is 17.6. The second-order valence-corrected chi connectivity index (χ2v) is 7.24. The number of pyridine rings is 1. The first-order valence-electron chi connectivity index (χ1n) is 8.71. The Morgan fingerprint density at radius 3 is 2.62 bits per heavy atom. The van der Waals surface area contributed by atoms with Crippen LogP contribution >= 0.6 is 12.4 Å². The van der Waals surface area contributed by atoms with E-state index in [4.69, 9.17) is 0 Å². The Balaban J connectivity index is 0.00000196.